The monoisotopic (exact) mass is 257 g/mol. The maximum Gasteiger partial charge on any atom is 0.237 e. The van der Waals surface area contributed by atoms with E-state index in [4.69, 9.17) is 10.5 Å². The summed E-state index contributed by atoms with van der Waals surface area (Å²) in [6.45, 7) is 4.32. The summed E-state index contributed by atoms with van der Waals surface area (Å²) in [5, 5.41) is 5.71. The molecule has 0 aliphatic carbocycles. The molecule has 1 rings (SSSR count). The minimum Gasteiger partial charge on any atom is -0.385 e. The van der Waals surface area contributed by atoms with Gasteiger partial charge in [-0.25, -0.2) is 4.98 Å². The highest BCUT2D eigenvalue weighted by atomic mass is 32.1. The summed E-state index contributed by atoms with van der Waals surface area (Å²) in [5.41, 5.74) is 6.69. The predicted octanol–water partition coefficient (Wildman–Crippen LogP) is 0.993. The van der Waals surface area contributed by atoms with E-state index in [0.29, 0.717) is 13.0 Å². The van der Waals surface area contributed by atoms with Crippen molar-refractivity contribution < 1.29 is 9.53 Å². The summed E-state index contributed by atoms with van der Waals surface area (Å²) in [4.78, 5) is 16.0. The Bertz CT molecular complexity index is 367. The fourth-order valence-corrected chi connectivity index (χ4v) is 2.13. The molecule has 0 spiro atoms. The second kappa shape index (κ2) is 6.68. The molecular weight excluding hydrogens is 238 g/mol. The van der Waals surface area contributed by atoms with Gasteiger partial charge in [-0.2, -0.15) is 0 Å². The van der Waals surface area contributed by atoms with E-state index in [1.807, 2.05) is 19.2 Å². The van der Waals surface area contributed by atoms with Gasteiger partial charge in [-0.05, 0) is 20.3 Å². The van der Waals surface area contributed by atoms with Crippen LogP contribution in [0.15, 0.2) is 5.38 Å². The van der Waals surface area contributed by atoms with Gasteiger partial charge in [-0.1, -0.05) is 0 Å². The number of nitrogens with two attached hydrogens (primary N) is 1. The fourth-order valence-electron chi connectivity index (χ4n) is 1.33. The van der Waals surface area contributed by atoms with Gasteiger partial charge in [0.1, 0.15) is 5.01 Å². The molecule has 3 N–H and O–H groups in total. The molecule has 0 bridgehead atoms. The Kier molecular flexibility index (Phi) is 5.54. The SMILES string of the molecule is COCCC(N)C(=O)NC(C)c1nc(C)cs1. The number of nitrogens with zero attached hydrogens (tertiary/aromatic N) is 1. The van der Waals surface area contributed by atoms with Crippen molar-refractivity contribution in [3.63, 3.8) is 0 Å². The molecule has 5 nitrogen and oxygen atoms in total. The highest BCUT2D eigenvalue weighted by Crippen LogP contribution is 2.17. The lowest BCUT2D eigenvalue weighted by atomic mass is 10.2. The number of carbonyl (C=O) groups is 1. The number of ether oxygens (including phenoxy) is 1. The Morgan fingerprint density at radius 2 is 2.41 bits per heavy atom. The quantitative estimate of drug-likeness (QED) is 0.797. The number of aromatic nitrogens is 1. The van der Waals surface area contributed by atoms with Crippen molar-refractivity contribution in [3.05, 3.63) is 16.1 Å². The Morgan fingerprint density at radius 3 is 2.94 bits per heavy atom. The van der Waals surface area contributed by atoms with Crippen molar-refractivity contribution in [2.24, 2.45) is 5.73 Å². The zero-order valence-corrected chi connectivity index (χ0v) is 11.2. The Balaban J connectivity index is 2.45. The van der Waals surface area contributed by atoms with Gasteiger partial charge >= 0.3 is 0 Å². The second-order valence-corrected chi connectivity index (χ2v) is 4.84. The van der Waals surface area contributed by atoms with Gasteiger partial charge in [0, 0.05) is 24.8 Å². The van der Waals surface area contributed by atoms with E-state index in [2.05, 4.69) is 10.3 Å². The average molecular weight is 257 g/mol. The number of carbonyl (C=O) groups excluding carboxylic acids is 1. The van der Waals surface area contributed by atoms with Crippen LogP contribution in [-0.2, 0) is 9.53 Å². The maximum absolute atomic E-state index is 11.7. The summed E-state index contributed by atoms with van der Waals surface area (Å²) in [7, 11) is 1.59. The molecule has 0 aromatic carbocycles. The molecule has 2 atom stereocenters. The van der Waals surface area contributed by atoms with E-state index in [1.165, 1.54) is 11.3 Å². The third kappa shape index (κ3) is 4.41. The average Bonchev–Trinajstić information content (AvgIpc) is 2.72. The number of hydrogen-bond acceptors (Lipinski definition) is 5. The maximum atomic E-state index is 11.7. The van der Waals surface area contributed by atoms with Crippen LogP contribution >= 0.6 is 11.3 Å². The minimum atomic E-state index is -0.529. The molecule has 0 saturated carbocycles. The van der Waals surface area contributed by atoms with E-state index in [9.17, 15) is 4.79 Å². The van der Waals surface area contributed by atoms with Crippen molar-refractivity contribution in [2.45, 2.75) is 32.4 Å². The van der Waals surface area contributed by atoms with E-state index >= 15 is 0 Å². The van der Waals surface area contributed by atoms with Crippen LogP contribution in [-0.4, -0.2) is 30.6 Å². The van der Waals surface area contributed by atoms with Crippen LogP contribution in [0.25, 0.3) is 0 Å². The fraction of sp³-hybridized carbons (Fsp3) is 0.636. The molecular formula is C11H19N3O2S. The summed E-state index contributed by atoms with van der Waals surface area (Å²) >= 11 is 1.54. The lowest BCUT2D eigenvalue weighted by Gasteiger charge is -2.15. The number of aryl methyl sites for hydroxylation is 1. The standard InChI is InChI=1S/C11H19N3O2S/c1-7-6-17-11(13-7)8(2)14-10(15)9(12)4-5-16-3/h6,8-9H,4-5,12H2,1-3H3,(H,14,15). The summed E-state index contributed by atoms with van der Waals surface area (Å²) in [5.74, 6) is -0.164. The molecule has 96 valence electrons. The molecule has 0 saturated heterocycles. The third-order valence-corrected chi connectivity index (χ3v) is 3.48. The van der Waals surface area contributed by atoms with Crippen LogP contribution in [0, 0.1) is 6.92 Å². The van der Waals surface area contributed by atoms with Crippen LogP contribution < -0.4 is 11.1 Å². The summed E-state index contributed by atoms with van der Waals surface area (Å²) in [6, 6.07) is -0.631. The lowest BCUT2D eigenvalue weighted by molar-refractivity contribution is -0.123. The lowest BCUT2D eigenvalue weighted by Crippen LogP contribution is -2.42. The van der Waals surface area contributed by atoms with E-state index in [0.717, 1.165) is 10.7 Å². The molecule has 1 heterocycles. The van der Waals surface area contributed by atoms with E-state index in [1.54, 1.807) is 7.11 Å². The molecule has 17 heavy (non-hydrogen) atoms. The zero-order chi connectivity index (χ0) is 12.8. The van der Waals surface area contributed by atoms with Gasteiger partial charge in [0.15, 0.2) is 0 Å². The summed E-state index contributed by atoms with van der Waals surface area (Å²) < 4.78 is 4.89. The van der Waals surface area contributed by atoms with Crippen LogP contribution in [0.1, 0.15) is 30.1 Å². The van der Waals surface area contributed by atoms with Crippen LogP contribution in [0.2, 0.25) is 0 Å². The topological polar surface area (TPSA) is 77.2 Å². The largest absolute Gasteiger partial charge is 0.385 e. The van der Waals surface area contributed by atoms with Gasteiger partial charge < -0.3 is 15.8 Å². The van der Waals surface area contributed by atoms with Crippen molar-refractivity contribution >= 4 is 17.2 Å². The van der Waals surface area contributed by atoms with Crippen molar-refractivity contribution in [2.75, 3.05) is 13.7 Å². The molecule has 2 unspecified atom stereocenters. The highest BCUT2D eigenvalue weighted by Gasteiger charge is 2.17. The smallest absolute Gasteiger partial charge is 0.237 e. The molecule has 6 heteroatoms. The Labute approximate surface area is 105 Å². The van der Waals surface area contributed by atoms with Gasteiger partial charge in [-0.15, -0.1) is 11.3 Å². The first-order chi connectivity index (χ1) is 8.04. The van der Waals surface area contributed by atoms with Crippen LogP contribution in [0.4, 0.5) is 0 Å². The number of hydrogen-bond donors (Lipinski definition) is 2. The number of thiazole rings is 1. The first kappa shape index (κ1) is 14.1. The zero-order valence-electron chi connectivity index (χ0n) is 10.4. The van der Waals surface area contributed by atoms with E-state index in [-0.39, 0.29) is 11.9 Å². The molecule has 1 aromatic rings. The minimum absolute atomic E-state index is 0.102. The third-order valence-electron chi connectivity index (χ3n) is 2.34. The number of rotatable bonds is 6. The van der Waals surface area contributed by atoms with Gasteiger partial charge in [0.2, 0.25) is 5.91 Å². The molecule has 1 amide bonds. The van der Waals surface area contributed by atoms with Crippen molar-refractivity contribution in [1.29, 1.82) is 0 Å². The Morgan fingerprint density at radius 1 is 1.71 bits per heavy atom. The van der Waals surface area contributed by atoms with Crippen molar-refractivity contribution in [1.82, 2.24) is 10.3 Å². The first-order valence-corrected chi connectivity index (χ1v) is 6.39. The van der Waals surface area contributed by atoms with Crippen LogP contribution in [0.3, 0.4) is 0 Å². The number of amides is 1. The van der Waals surface area contributed by atoms with E-state index < -0.39 is 6.04 Å². The molecule has 0 fully saturated rings. The van der Waals surface area contributed by atoms with Gasteiger partial charge in [0.05, 0.1) is 12.1 Å². The molecule has 0 aliphatic heterocycles. The Hall–Kier alpha value is -0.980. The first-order valence-electron chi connectivity index (χ1n) is 5.51. The molecule has 1 aromatic heterocycles. The van der Waals surface area contributed by atoms with Crippen molar-refractivity contribution in [3.8, 4) is 0 Å². The predicted molar refractivity (Wildman–Crippen MR) is 67.9 cm³/mol. The van der Waals surface area contributed by atoms with Gasteiger partial charge in [0.25, 0.3) is 0 Å². The summed E-state index contributed by atoms with van der Waals surface area (Å²) in [6.07, 6.45) is 0.520. The second-order valence-electron chi connectivity index (χ2n) is 3.95. The number of methoxy groups -OCH3 is 1. The highest BCUT2D eigenvalue weighted by molar-refractivity contribution is 7.09. The van der Waals surface area contributed by atoms with Crippen LogP contribution in [0.5, 0.6) is 0 Å². The van der Waals surface area contributed by atoms with Gasteiger partial charge in [-0.3, -0.25) is 4.79 Å². The normalized spacial score (nSPS) is 14.4. The molecule has 0 radical (unpaired) electrons. The number of nitrogens with one attached hydrogen (secondary N) is 1. The molecule has 0 aliphatic rings.